The van der Waals surface area contributed by atoms with Crippen molar-refractivity contribution < 1.29 is 4.79 Å². The van der Waals surface area contributed by atoms with E-state index >= 15 is 0 Å². The molecule has 3 aromatic rings. The monoisotopic (exact) mass is 421 g/mol. The number of fused-ring (bicyclic) bond motifs is 1. The number of anilines is 1. The number of hydrogen-bond donors (Lipinski definition) is 3. The Hall–Kier alpha value is -3.13. The first kappa shape index (κ1) is 21.1. The molecule has 1 aromatic carbocycles. The zero-order valence-corrected chi connectivity index (χ0v) is 18.1. The summed E-state index contributed by atoms with van der Waals surface area (Å²) in [5.41, 5.74) is 3.62. The topological polar surface area (TPSA) is 89.2 Å². The van der Waals surface area contributed by atoms with Gasteiger partial charge in [0.1, 0.15) is 0 Å². The highest BCUT2D eigenvalue weighted by Crippen LogP contribution is 2.19. The number of nitrogens with one attached hydrogen (secondary N) is 3. The maximum Gasteiger partial charge on any atom is 0.314 e. The van der Waals surface area contributed by atoms with E-state index in [4.69, 9.17) is 0 Å². The molecule has 0 saturated carbocycles. The summed E-state index contributed by atoms with van der Waals surface area (Å²) in [5.74, 6) is 0.809. The number of aromatic amines is 1. The van der Waals surface area contributed by atoms with Crippen LogP contribution in [0, 0.1) is 6.92 Å². The van der Waals surface area contributed by atoms with E-state index in [1.165, 1.54) is 16.5 Å². The molecule has 0 spiro atoms. The van der Waals surface area contributed by atoms with E-state index in [1.54, 1.807) is 12.4 Å². The minimum Gasteiger partial charge on any atom is -0.361 e. The average molecular weight is 422 g/mol. The van der Waals surface area contributed by atoms with Crippen LogP contribution >= 0.6 is 0 Å². The molecular formula is C23H31N7O. The van der Waals surface area contributed by atoms with E-state index < -0.39 is 0 Å². The molecule has 4 rings (SSSR count). The molecule has 0 aliphatic carbocycles. The third-order valence-corrected chi connectivity index (χ3v) is 5.75. The fourth-order valence-electron chi connectivity index (χ4n) is 4.01. The van der Waals surface area contributed by atoms with Crippen molar-refractivity contribution >= 4 is 22.9 Å². The molecule has 0 atom stereocenters. The van der Waals surface area contributed by atoms with Gasteiger partial charge in [0.15, 0.2) is 0 Å². The van der Waals surface area contributed by atoms with Gasteiger partial charge in [-0.25, -0.2) is 14.8 Å². The van der Waals surface area contributed by atoms with E-state index in [-0.39, 0.29) is 6.03 Å². The van der Waals surface area contributed by atoms with E-state index in [9.17, 15) is 4.79 Å². The highest BCUT2D eigenvalue weighted by atomic mass is 16.2. The van der Waals surface area contributed by atoms with Crippen molar-refractivity contribution in [3.63, 3.8) is 0 Å². The Balaban J connectivity index is 1.08. The van der Waals surface area contributed by atoms with Crippen LogP contribution in [0.2, 0.25) is 0 Å². The van der Waals surface area contributed by atoms with Gasteiger partial charge in [-0.1, -0.05) is 12.1 Å². The Morgan fingerprint density at radius 2 is 1.87 bits per heavy atom. The van der Waals surface area contributed by atoms with Gasteiger partial charge in [0.2, 0.25) is 5.95 Å². The van der Waals surface area contributed by atoms with Crippen molar-refractivity contribution in [3.8, 4) is 0 Å². The third kappa shape index (κ3) is 5.73. The first-order chi connectivity index (χ1) is 15.2. The summed E-state index contributed by atoms with van der Waals surface area (Å²) in [6, 6.07) is 8.15. The van der Waals surface area contributed by atoms with Crippen molar-refractivity contribution in [2.45, 2.75) is 19.8 Å². The SMILES string of the molecule is Cc1ccc2c(CCNC(=O)NCCCN3CCN(c4ncccn4)CC3)c[nH]c2c1. The molecule has 3 N–H and O–H groups in total. The number of amides is 2. The van der Waals surface area contributed by atoms with Gasteiger partial charge in [-0.2, -0.15) is 0 Å². The second-order valence-corrected chi connectivity index (χ2v) is 8.03. The predicted molar refractivity (Wildman–Crippen MR) is 123 cm³/mol. The first-order valence-corrected chi connectivity index (χ1v) is 11.0. The van der Waals surface area contributed by atoms with Gasteiger partial charge < -0.3 is 20.5 Å². The lowest BCUT2D eigenvalue weighted by Crippen LogP contribution is -2.47. The van der Waals surface area contributed by atoms with Gasteiger partial charge in [0, 0.05) is 68.8 Å². The van der Waals surface area contributed by atoms with Crippen LogP contribution in [0.5, 0.6) is 0 Å². The minimum atomic E-state index is -0.0956. The largest absolute Gasteiger partial charge is 0.361 e. The van der Waals surface area contributed by atoms with Crippen LogP contribution in [0.1, 0.15) is 17.5 Å². The average Bonchev–Trinajstić information content (AvgIpc) is 3.19. The van der Waals surface area contributed by atoms with Crippen LogP contribution in [0.15, 0.2) is 42.9 Å². The van der Waals surface area contributed by atoms with Crippen LogP contribution in [0.25, 0.3) is 10.9 Å². The first-order valence-electron chi connectivity index (χ1n) is 11.0. The number of benzene rings is 1. The quantitative estimate of drug-likeness (QED) is 0.486. The number of rotatable bonds is 8. The number of H-pyrrole nitrogens is 1. The van der Waals surface area contributed by atoms with Gasteiger partial charge in [0.25, 0.3) is 0 Å². The number of carbonyl (C=O) groups is 1. The number of urea groups is 1. The summed E-state index contributed by atoms with van der Waals surface area (Å²) in [4.78, 5) is 28.7. The van der Waals surface area contributed by atoms with Crippen LogP contribution < -0.4 is 15.5 Å². The van der Waals surface area contributed by atoms with E-state index in [1.807, 2.05) is 12.3 Å². The van der Waals surface area contributed by atoms with Crippen molar-refractivity contribution in [1.29, 1.82) is 0 Å². The Morgan fingerprint density at radius 1 is 1.10 bits per heavy atom. The third-order valence-electron chi connectivity index (χ3n) is 5.75. The Bertz CT molecular complexity index is 980. The molecule has 164 valence electrons. The van der Waals surface area contributed by atoms with E-state index in [0.29, 0.717) is 13.1 Å². The maximum absolute atomic E-state index is 12.1. The molecular weight excluding hydrogens is 390 g/mol. The Morgan fingerprint density at radius 3 is 2.68 bits per heavy atom. The summed E-state index contributed by atoms with van der Waals surface area (Å²) >= 11 is 0. The summed E-state index contributed by atoms with van der Waals surface area (Å²) in [6.07, 6.45) is 7.36. The molecule has 8 nitrogen and oxygen atoms in total. The summed E-state index contributed by atoms with van der Waals surface area (Å²) in [7, 11) is 0. The van der Waals surface area contributed by atoms with Crippen molar-refractivity contribution in [2.75, 3.05) is 50.7 Å². The summed E-state index contributed by atoms with van der Waals surface area (Å²) in [6.45, 7) is 8.24. The molecule has 0 unspecified atom stereocenters. The smallest absolute Gasteiger partial charge is 0.314 e. The lowest BCUT2D eigenvalue weighted by molar-refractivity contribution is 0.236. The molecule has 0 bridgehead atoms. The van der Waals surface area contributed by atoms with Gasteiger partial charge in [-0.3, -0.25) is 4.90 Å². The highest BCUT2D eigenvalue weighted by Gasteiger charge is 2.18. The van der Waals surface area contributed by atoms with Gasteiger partial charge >= 0.3 is 6.03 Å². The number of carbonyl (C=O) groups excluding carboxylic acids is 1. The molecule has 3 heterocycles. The molecule has 1 aliphatic heterocycles. The second kappa shape index (κ2) is 10.3. The second-order valence-electron chi connectivity index (χ2n) is 8.03. The van der Waals surface area contributed by atoms with Crippen molar-refractivity contribution in [2.24, 2.45) is 0 Å². The number of aryl methyl sites for hydroxylation is 1. The minimum absolute atomic E-state index is 0.0956. The fourth-order valence-corrected chi connectivity index (χ4v) is 4.01. The molecule has 1 aliphatic rings. The van der Waals surface area contributed by atoms with Crippen LogP contribution in [0.4, 0.5) is 10.7 Å². The Kier molecular flexibility index (Phi) is 6.99. The van der Waals surface area contributed by atoms with Gasteiger partial charge in [-0.15, -0.1) is 0 Å². The fraction of sp³-hybridized carbons (Fsp3) is 0.435. The van der Waals surface area contributed by atoms with E-state index in [0.717, 1.165) is 57.0 Å². The zero-order valence-electron chi connectivity index (χ0n) is 18.1. The number of nitrogens with zero attached hydrogens (tertiary/aromatic N) is 4. The number of hydrogen-bond acceptors (Lipinski definition) is 5. The van der Waals surface area contributed by atoms with E-state index in [2.05, 4.69) is 60.5 Å². The zero-order chi connectivity index (χ0) is 21.5. The molecule has 1 fully saturated rings. The lowest BCUT2D eigenvalue weighted by Gasteiger charge is -2.34. The highest BCUT2D eigenvalue weighted by molar-refractivity contribution is 5.83. The predicted octanol–water partition coefficient (Wildman–Crippen LogP) is 2.32. The van der Waals surface area contributed by atoms with Crippen molar-refractivity contribution in [1.82, 2.24) is 30.5 Å². The summed E-state index contributed by atoms with van der Waals surface area (Å²) < 4.78 is 0. The summed E-state index contributed by atoms with van der Waals surface area (Å²) in [5, 5.41) is 7.16. The normalized spacial score (nSPS) is 14.7. The molecule has 2 aromatic heterocycles. The molecule has 1 saturated heterocycles. The Labute approximate surface area is 183 Å². The maximum atomic E-state index is 12.1. The molecule has 2 amide bonds. The molecule has 0 radical (unpaired) electrons. The molecule has 8 heteroatoms. The van der Waals surface area contributed by atoms with Crippen LogP contribution in [0.3, 0.4) is 0 Å². The van der Waals surface area contributed by atoms with Crippen molar-refractivity contribution in [3.05, 3.63) is 54.0 Å². The van der Waals surface area contributed by atoms with Gasteiger partial charge in [-0.05, 0) is 49.6 Å². The van der Waals surface area contributed by atoms with Crippen LogP contribution in [-0.2, 0) is 6.42 Å². The standard InChI is InChI=1S/C23H31N7O/c1-18-4-5-20-19(17-28-21(20)16-18)6-10-27-23(31)26-9-3-11-29-12-14-30(15-13-29)22-24-7-2-8-25-22/h2,4-5,7-8,16-17,28H,3,6,9-15H2,1H3,(H2,26,27,31). The molecule has 31 heavy (non-hydrogen) atoms. The number of piperazine rings is 1. The number of aromatic nitrogens is 3. The van der Waals surface area contributed by atoms with Crippen LogP contribution in [-0.4, -0.2) is 71.7 Å². The lowest BCUT2D eigenvalue weighted by atomic mass is 10.1. The van der Waals surface area contributed by atoms with Gasteiger partial charge in [0.05, 0.1) is 0 Å².